The minimum Gasteiger partial charge on any atom is -0.408 e. The molecule has 5 nitrogen and oxygen atoms in total. The van der Waals surface area contributed by atoms with E-state index in [0.29, 0.717) is 11.1 Å². The molecular formula is C14H8O5. The molecule has 1 aliphatic heterocycles. The molecule has 1 aromatic rings. The zero-order valence-corrected chi connectivity index (χ0v) is 9.66. The molecule has 1 heterocycles. The lowest BCUT2D eigenvalue weighted by Crippen LogP contribution is -2.46. The Morgan fingerprint density at radius 2 is 1.47 bits per heavy atom. The van der Waals surface area contributed by atoms with E-state index in [1.165, 1.54) is 6.08 Å². The van der Waals surface area contributed by atoms with Gasteiger partial charge in [0.1, 0.15) is 0 Å². The fourth-order valence-corrected chi connectivity index (χ4v) is 2.00. The lowest BCUT2D eigenvalue weighted by atomic mass is 9.92. The molecule has 0 amide bonds. The summed E-state index contributed by atoms with van der Waals surface area (Å²) in [6.07, 6.45) is 4.72. The highest BCUT2D eigenvalue weighted by atomic mass is 16.7. The Labute approximate surface area is 108 Å². The predicted molar refractivity (Wildman–Crippen MR) is 63.9 cm³/mol. The van der Waals surface area contributed by atoms with E-state index in [1.54, 1.807) is 30.3 Å². The molecule has 0 bridgehead atoms. The van der Waals surface area contributed by atoms with Crippen LogP contribution in [-0.2, 0) is 19.1 Å². The first-order valence-electron chi connectivity index (χ1n) is 5.58. The first-order valence-corrected chi connectivity index (χ1v) is 5.58. The van der Waals surface area contributed by atoms with Gasteiger partial charge in [0, 0.05) is 23.8 Å². The van der Waals surface area contributed by atoms with Gasteiger partial charge in [-0.1, -0.05) is 30.3 Å². The van der Waals surface area contributed by atoms with Crippen molar-refractivity contribution in [3.8, 4) is 0 Å². The molecule has 1 aromatic carbocycles. The van der Waals surface area contributed by atoms with Crippen LogP contribution in [0, 0.1) is 0 Å². The fourth-order valence-electron chi connectivity index (χ4n) is 2.00. The van der Waals surface area contributed by atoms with Gasteiger partial charge in [-0.3, -0.25) is 4.79 Å². The average Bonchev–Trinajstić information content (AvgIpc) is 2.55. The van der Waals surface area contributed by atoms with Crippen molar-refractivity contribution in [3.05, 3.63) is 53.6 Å². The van der Waals surface area contributed by atoms with Crippen molar-refractivity contribution in [2.45, 2.75) is 5.79 Å². The number of hydrogen-bond acceptors (Lipinski definition) is 5. The van der Waals surface area contributed by atoms with E-state index in [0.717, 1.165) is 12.2 Å². The Morgan fingerprint density at radius 1 is 0.842 bits per heavy atom. The lowest BCUT2D eigenvalue weighted by molar-refractivity contribution is -0.188. The van der Waals surface area contributed by atoms with E-state index in [2.05, 4.69) is 0 Å². The summed E-state index contributed by atoms with van der Waals surface area (Å²) in [5, 5.41) is 0. The summed E-state index contributed by atoms with van der Waals surface area (Å²) in [4.78, 5) is 35.3. The van der Waals surface area contributed by atoms with Crippen LogP contribution in [-0.4, -0.2) is 23.5 Å². The molecule has 1 aliphatic carbocycles. The van der Waals surface area contributed by atoms with Crippen molar-refractivity contribution in [3.63, 3.8) is 0 Å². The Balaban J connectivity index is 2.10. The van der Waals surface area contributed by atoms with E-state index < -0.39 is 23.5 Å². The molecule has 0 saturated carbocycles. The van der Waals surface area contributed by atoms with Crippen LogP contribution in [0.3, 0.4) is 0 Å². The number of ether oxygens (including phenoxy) is 2. The molecule has 19 heavy (non-hydrogen) atoms. The summed E-state index contributed by atoms with van der Waals surface area (Å²) in [6.45, 7) is 0. The summed E-state index contributed by atoms with van der Waals surface area (Å²) in [7, 11) is 0. The van der Waals surface area contributed by atoms with E-state index in [-0.39, 0.29) is 0 Å². The fraction of sp³-hybridized carbons (Fsp3) is 0.0714. The molecule has 94 valence electrons. The third-order valence-corrected chi connectivity index (χ3v) is 2.86. The maximum absolute atomic E-state index is 12.4. The van der Waals surface area contributed by atoms with Crippen LogP contribution >= 0.6 is 0 Å². The maximum Gasteiger partial charge on any atom is 0.342 e. The highest BCUT2D eigenvalue weighted by Gasteiger charge is 2.47. The zero-order valence-electron chi connectivity index (χ0n) is 9.66. The largest absolute Gasteiger partial charge is 0.408 e. The molecule has 0 atom stereocenters. The predicted octanol–water partition coefficient (Wildman–Crippen LogP) is 1.25. The third kappa shape index (κ3) is 1.76. The highest BCUT2D eigenvalue weighted by Crippen LogP contribution is 2.31. The summed E-state index contributed by atoms with van der Waals surface area (Å²) in [5.41, 5.74) is 1.02. The van der Waals surface area contributed by atoms with Gasteiger partial charge in [-0.25, -0.2) is 9.59 Å². The van der Waals surface area contributed by atoms with Gasteiger partial charge in [-0.15, -0.1) is 0 Å². The lowest BCUT2D eigenvalue weighted by Gasteiger charge is -2.29. The average molecular weight is 256 g/mol. The van der Waals surface area contributed by atoms with Crippen molar-refractivity contribution in [2.75, 3.05) is 0 Å². The third-order valence-electron chi connectivity index (χ3n) is 2.86. The van der Waals surface area contributed by atoms with Crippen LogP contribution in [0.2, 0.25) is 0 Å². The van der Waals surface area contributed by atoms with Gasteiger partial charge in [-0.05, 0) is 5.56 Å². The van der Waals surface area contributed by atoms with Crippen molar-refractivity contribution < 1.29 is 23.9 Å². The van der Waals surface area contributed by atoms with Gasteiger partial charge >= 0.3 is 17.7 Å². The van der Waals surface area contributed by atoms with Gasteiger partial charge < -0.3 is 9.47 Å². The normalized spacial score (nSPS) is 19.7. The quantitative estimate of drug-likeness (QED) is 0.653. The van der Waals surface area contributed by atoms with Crippen molar-refractivity contribution >= 4 is 23.8 Å². The zero-order chi connectivity index (χ0) is 13.5. The number of hydrogen-bond donors (Lipinski definition) is 0. The minimum absolute atomic E-state index is 0.340. The number of Topliss-reactive ketones (excluding diaryl/α,β-unsaturated/α-hetero) is 1. The minimum atomic E-state index is -1.99. The number of ketones is 1. The van der Waals surface area contributed by atoms with E-state index in [4.69, 9.17) is 9.47 Å². The van der Waals surface area contributed by atoms with Crippen LogP contribution in [0.15, 0.2) is 42.5 Å². The SMILES string of the molecule is O=C1C=CC(=O)OC2(C=Cc3ccccc3C2=O)O1. The van der Waals surface area contributed by atoms with Gasteiger partial charge in [0.2, 0.25) is 0 Å². The number of carbonyl (C=O) groups is 3. The van der Waals surface area contributed by atoms with Crippen LogP contribution in [0.5, 0.6) is 0 Å². The van der Waals surface area contributed by atoms with Crippen LogP contribution < -0.4 is 0 Å². The van der Waals surface area contributed by atoms with Crippen LogP contribution in [0.4, 0.5) is 0 Å². The Hall–Kier alpha value is -2.69. The van der Waals surface area contributed by atoms with Crippen LogP contribution in [0.25, 0.3) is 6.08 Å². The standard InChI is InChI=1S/C14H8O5/c15-11-5-6-12(16)19-14(18-11)8-7-9-3-1-2-4-10(9)13(14)17/h1-8H. The molecule has 1 spiro atoms. The number of fused-ring (bicyclic) bond motifs is 1. The van der Waals surface area contributed by atoms with Crippen molar-refractivity contribution in [1.82, 2.24) is 0 Å². The molecule has 0 fully saturated rings. The molecule has 3 rings (SSSR count). The summed E-state index contributed by atoms with van der Waals surface area (Å²) in [5.74, 6) is -4.17. The first kappa shape index (κ1) is 11.4. The Morgan fingerprint density at radius 3 is 2.16 bits per heavy atom. The van der Waals surface area contributed by atoms with Crippen molar-refractivity contribution in [2.24, 2.45) is 0 Å². The van der Waals surface area contributed by atoms with Gasteiger partial charge in [0.25, 0.3) is 5.78 Å². The summed E-state index contributed by atoms with van der Waals surface area (Å²) >= 11 is 0. The number of rotatable bonds is 0. The molecule has 2 aliphatic rings. The molecule has 0 unspecified atom stereocenters. The molecule has 0 saturated heterocycles. The van der Waals surface area contributed by atoms with E-state index in [1.807, 2.05) is 0 Å². The monoisotopic (exact) mass is 256 g/mol. The second kappa shape index (κ2) is 3.91. The second-order valence-electron chi connectivity index (χ2n) is 4.09. The highest BCUT2D eigenvalue weighted by molar-refractivity contribution is 6.11. The molecule has 0 aromatic heterocycles. The molecule has 0 N–H and O–H groups in total. The summed E-state index contributed by atoms with van der Waals surface area (Å²) in [6, 6.07) is 6.79. The second-order valence-corrected chi connectivity index (χ2v) is 4.09. The molecule has 5 heteroatoms. The van der Waals surface area contributed by atoms with Gasteiger partial charge in [0.15, 0.2) is 0 Å². The number of carbonyl (C=O) groups excluding carboxylic acids is 3. The van der Waals surface area contributed by atoms with Gasteiger partial charge in [-0.2, -0.15) is 0 Å². The Kier molecular flexibility index (Phi) is 2.35. The topological polar surface area (TPSA) is 69.7 Å². The number of benzene rings is 1. The molecular weight excluding hydrogens is 248 g/mol. The first-order chi connectivity index (χ1) is 9.11. The molecule has 0 radical (unpaired) electrons. The van der Waals surface area contributed by atoms with E-state index >= 15 is 0 Å². The van der Waals surface area contributed by atoms with Crippen molar-refractivity contribution in [1.29, 1.82) is 0 Å². The Bertz CT molecular complexity index is 634. The summed E-state index contributed by atoms with van der Waals surface area (Å²) < 4.78 is 9.95. The van der Waals surface area contributed by atoms with Gasteiger partial charge in [0.05, 0.1) is 0 Å². The smallest absolute Gasteiger partial charge is 0.342 e. The van der Waals surface area contributed by atoms with E-state index in [9.17, 15) is 14.4 Å². The number of esters is 2. The van der Waals surface area contributed by atoms with Crippen LogP contribution in [0.1, 0.15) is 15.9 Å². The maximum atomic E-state index is 12.4.